The number of carboxylic acids is 1. The fourth-order valence-electron chi connectivity index (χ4n) is 2.32. The van der Waals surface area contributed by atoms with Gasteiger partial charge in [0.25, 0.3) is 11.8 Å². The monoisotopic (exact) mass is 307 g/mol. The summed E-state index contributed by atoms with van der Waals surface area (Å²) in [5.74, 6) is 0.0411. The van der Waals surface area contributed by atoms with Crippen molar-refractivity contribution >= 4 is 29.5 Å². The minimum Gasteiger partial charge on any atom is -0.478 e. The van der Waals surface area contributed by atoms with Crippen LogP contribution >= 0.6 is 11.8 Å². The molecule has 1 aliphatic heterocycles. The van der Waals surface area contributed by atoms with Crippen LogP contribution in [0.4, 0.5) is 0 Å². The van der Waals surface area contributed by atoms with Crippen molar-refractivity contribution in [2.24, 2.45) is 0 Å². The van der Waals surface area contributed by atoms with Crippen molar-refractivity contribution in [1.29, 1.82) is 0 Å². The molecule has 5 nitrogen and oxygen atoms in total. The number of nitrogens with zero attached hydrogens (tertiary/aromatic N) is 1. The summed E-state index contributed by atoms with van der Waals surface area (Å²) in [5, 5.41) is 8.97. The molecule has 2 amide bonds. The third-order valence-electron chi connectivity index (χ3n) is 3.49. The Labute approximate surface area is 127 Å². The Morgan fingerprint density at radius 1 is 1.29 bits per heavy atom. The van der Waals surface area contributed by atoms with Gasteiger partial charge in [0.15, 0.2) is 0 Å². The molecule has 21 heavy (non-hydrogen) atoms. The van der Waals surface area contributed by atoms with E-state index in [1.54, 1.807) is 11.8 Å². The fraction of sp³-hybridized carbons (Fsp3) is 0.400. The van der Waals surface area contributed by atoms with E-state index in [2.05, 4.69) is 6.92 Å². The lowest BCUT2D eigenvalue weighted by molar-refractivity contribution is 0.0593. The van der Waals surface area contributed by atoms with Gasteiger partial charge >= 0.3 is 5.97 Å². The highest BCUT2D eigenvalue weighted by atomic mass is 32.2. The topological polar surface area (TPSA) is 74.7 Å². The third kappa shape index (κ3) is 2.95. The molecule has 0 saturated carbocycles. The molecule has 0 spiro atoms. The molecule has 1 aromatic rings. The number of hydrogen-bond donors (Lipinski definition) is 1. The van der Waals surface area contributed by atoms with Crippen LogP contribution in [0.5, 0.6) is 0 Å². The zero-order chi connectivity index (χ0) is 15.6. The van der Waals surface area contributed by atoms with Crippen molar-refractivity contribution in [3.63, 3.8) is 0 Å². The zero-order valence-electron chi connectivity index (χ0n) is 12.0. The molecule has 0 radical (unpaired) electrons. The Bertz CT molecular complexity index is 599. The van der Waals surface area contributed by atoms with Crippen LogP contribution in [0.3, 0.4) is 0 Å². The number of benzene rings is 1. The minimum absolute atomic E-state index is 0.0194. The number of thioether (sulfide) groups is 1. The van der Waals surface area contributed by atoms with Crippen molar-refractivity contribution < 1.29 is 19.5 Å². The molecule has 1 atom stereocenters. The Balaban J connectivity index is 2.23. The first-order valence-electron chi connectivity index (χ1n) is 6.80. The number of carbonyl (C=O) groups excluding carboxylic acids is 2. The minimum atomic E-state index is -1.11. The highest BCUT2D eigenvalue weighted by Gasteiger charge is 2.38. The molecular weight excluding hydrogens is 290 g/mol. The summed E-state index contributed by atoms with van der Waals surface area (Å²) in [6.07, 6.45) is 0.732. The lowest BCUT2D eigenvalue weighted by Gasteiger charge is -2.22. The van der Waals surface area contributed by atoms with E-state index in [0.29, 0.717) is 5.56 Å². The maximum atomic E-state index is 12.4. The SMILES string of the molecule is CCSCCC(C)N1C(=O)c2ccc(C(=O)O)cc2C1=O. The third-order valence-corrected chi connectivity index (χ3v) is 4.42. The number of rotatable bonds is 6. The number of carboxylic acid groups (broad SMARTS) is 1. The predicted molar refractivity (Wildman–Crippen MR) is 81.0 cm³/mol. The van der Waals surface area contributed by atoms with Crippen LogP contribution < -0.4 is 0 Å². The highest BCUT2D eigenvalue weighted by Crippen LogP contribution is 2.27. The predicted octanol–water partition coefficient (Wildman–Crippen LogP) is 2.51. The number of carbonyl (C=O) groups is 3. The van der Waals surface area contributed by atoms with Crippen LogP contribution in [-0.4, -0.2) is 45.3 Å². The number of amides is 2. The summed E-state index contributed by atoms with van der Waals surface area (Å²) in [6, 6.07) is 3.87. The summed E-state index contributed by atoms with van der Waals surface area (Å²) in [7, 11) is 0. The molecule has 1 aromatic carbocycles. The zero-order valence-corrected chi connectivity index (χ0v) is 12.8. The molecule has 2 rings (SSSR count). The van der Waals surface area contributed by atoms with Crippen molar-refractivity contribution in [2.75, 3.05) is 11.5 Å². The first-order valence-corrected chi connectivity index (χ1v) is 7.95. The van der Waals surface area contributed by atoms with Gasteiger partial charge in [0.2, 0.25) is 0 Å². The molecule has 0 saturated heterocycles. The first kappa shape index (κ1) is 15.6. The molecule has 112 valence electrons. The van der Waals surface area contributed by atoms with E-state index in [9.17, 15) is 14.4 Å². The average molecular weight is 307 g/mol. The molecule has 0 aliphatic carbocycles. The van der Waals surface area contributed by atoms with Gasteiger partial charge in [-0.05, 0) is 43.0 Å². The number of hydrogen-bond acceptors (Lipinski definition) is 4. The van der Waals surface area contributed by atoms with Gasteiger partial charge in [0.1, 0.15) is 0 Å². The van der Waals surface area contributed by atoms with E-state index in [-0.39, 0.29) is 23.1 Å². The average Bonchev–Trinajstić information content (AvgIpc) is 2.70. The van der Waals surface area contributed by atoms with E-state index in [1.165, 1.54) is 23.1 Å². The normalized spacial score (nSPS) is 15.2. The van der Waals surface area contributed by atoms with Crippen molar-refractivity contribution in [1.82, 2.24) is 4.90 Å². The molecule has 1 unspecified atom stereocenters. The molecule has 0 bridgehead atoms. The Morgan fingerprint density at radius 2 is 1.95 bits per heavy atom. The van der Waals surface area contributed by atoms with E-state index in [0.717, 1.165) is 17.9 Å². The van der Waals surface area contributed by atoms with E-state index in [4.69, 9.17) is 5.11 Å². The van der Waals surface area contributed by atoms with Crippen molar-refractivity contribution in [3.05, 3.63) is 34.9 Å². The molecule has 6 heteroatoms. The maximum absolute atomic E-state index is 12.4. The van der Waals surface area contributed by atoms with Gasteiger partial charge in [0.05, 0.1) is 16.7 Å². The second-order valence-corrected chi connectivity index (χ2v) is 6.27. The van der Waals surface area contributed by atoms with Crippen LogP contribution in [0.2, 0.25) is 0 Å². The van der Waals surface area contributed by atoms with Crippen molar-refractivity contribution in [3.8, 4) is 0 Å². The Morgan fingerprint density at radius 3 is 2.57 bits per heavy atom. The lowest BCUT2D eigenvalue weighted by atomic mass is 10.1. The van der Waals surface area contributed by atoms with Gasteiger partial charge in [-0.15, -0.1) is 0 Å². The summed E-state index contributed by atoms with van der Waals surface area (Å²) >= 11 is 1.76. The van der Waals surface area contributed by atoms with Gasteiger partial charge in [-0.2, -0.15) is 11.8 Å². The van der Waals surface area contributed by atoms with Crippen LogP contribution in [0.25, 0.3) is 0 Å². The smallest absolute Gasteiger partial charge is 0.335 e. The van der Waals surface area contributed by atoms with Gasteiger partial charge in [-0.3, -0.25) is 14.5 Å². The van der Waals surface area contributed by atoms with Crippen molar-refractivity contribution in [2.45, 2.75) is 26.3 Å². The summed E-state index contributed by atoms with van der Waals surface area (Å²) in [4.78, 5) is 36.9. The Kier molecular flexibility index (Phi) is 4.67. The largest absolute Gasteiger partial charge is 0.478 e. The molecule has 1 N–H and O–H groups in total. The quantitative estimate of drug-likeness (QED) is 0.645. The Hall–Kier alpha value is -1.82. The molecule has 1 aliphatic rings. The summed E-state index contributed by atoms with van der Waals surface area (Å²) in [5.41, 5.74) is 0.501. The second-order valence-electron chi connectivity index (χ2n) is 4.88. The molecule has 0 aromatic heterocycles. The summed E-state index contributed by atoms with van der Waals surface area (Å²) < 4.78 is 0. The van der Waals surface area contributed by atoms with Crippen LogP contribution in [-0.2, 0) is 0 Å². The van der Waals surface area contributed by atoms with E-state index >= 15 is 0 Å². The highest BCUT2D eigenvalue weighted by molar-refractivity contribution is 7.99. The van der Waals surface area contributed by atoms with Gasteiger partial charge in [-0.1, -0.05) is 6.92 Å². The number of aromatic carboxylic acids is 1. The van der Waals surface area contributed by atoms with Crippen LogP contribution in [0.15, 0.2) is 18.2 Å². The summed E-state index contributed by atoms with van der Waals surface area (Å²) in [6.45, 7) is 3.90. The van der Waals surface area contributed by atoms with Crippen LogP contribution in [0.1, 0.15) is 51.3 Å². The number of imide groups is 1. The van der Waals surface area contributed by atoms with E-state index < -0.39 is 11.9 Å². The maximum Gasteiger partial charge on any atom is 0.335 e. The molecule has 0 fully saturated rings. The second kappa shape index (κ2) is 6.30. The van der Waals surface area contributed by atoms with Crippen LogP contribution in [0, 0.1) is 0 Å². The van der Waals surface area contributed by atoms with Gasteiger partial charge < -0.3 is 5.11 Å². The lowest BCUT2D eigenvalue weighted by Crippen LogP contribution is -2.38. The van der Waals surface area contributed by atoms with Gasteiger partial charge in [-0.25, -0.2) is 4.79 Å². The standard InChI is InChI=1S/C15H17NO4S/c1-3-21-7-6-9(2)16-13(17)11-5-4-10(15(19)20)8-12(11)14(16)18/h4-5,8-9H,3,6-7H2,1-2H3,(H,19,20). The molecular formula is C15H17NO4S. The molecule has 1 heterocycles. The number of fused-ring (bicyclic) bond motifs is 1. The van der Waals surface area contributed by atoms with E-state index in [1.807, 2.05) is 6.92 Å². The first-order chi connectivity index (χ1) is 9.97. The van der Waals surface area contributed by atoms with Gasteiger partial charge in [0, 0.05) is 6.04 Å². The fourth-order valence-corrected chi connectivity index (χ4v) is 3.12.